The lowest BCUT2D eigenvalue weighted by molar-refractivity contribution is -0.130. The Morgan fingerprint density at radius 2 is 1.60 bits per heavy atom. The Bertz CT molecular complexity index is 379. The Labute approximate surface area is 120 Å². The maximum atomic E-state index is 10.1. The molecule has 0 aliphatic heterocycles. The highest BCUT2D eigenvalue weighted by molar-refractivity contribution is 7.55. The molecule has 0 spiro atoms. The zero-order valence-electron chi connectivity index (χ0n) is 12.4. The average Bonchev–Trinajstić information content (AvgIpc) is 2.38. The van der Waals surface area contributed by atoms with Gasteiger partial charge >= 0.3 is 8.17 Å². The van der Waals surface area contributed by atoms with E-state index in [-0.39, 0.29) is 0 Å². The largest absolute Gasteiger partial charge is 0.619 e. The topological polar surface area (TPSA) is 60.4 Å². The predicted octanol–water partition coefficient (Wildman–Crippen LogP) is 2.80. The number of benzene rings is 1. The van der Waals surface area contributed by atoms with Gasteiger partial charge in [0.15, 0.2) is 5.75 Å². The average molecular weight is 304 g/mol. The Morgan fingerprint density at radius 3 is 2.05 bits per heavy atom. The number of nitrogens with zero attached hydrogens (tertiary/aromatic N) is 1. The van der Waals surface area contributed by atoms with Gasteiger partial charge < -0.3 is 0 Å². The molecule has 0 amide bonds. The molecule has 0 atom stereocenters. The van der Waals surface area contributed by atoms with Gasteiger partial charge in [-0.2, -0.15) is 9.96 Å². The molecule has 0 fully saturated rings. The summed E-state index contributed by atoms with van der Waals surface area (Å²) in [6.07, 6.45) is 0. The van der Waals surface area contributed by atoms with E-state index in [0.29, 0.717) is 25.6 Å². The number of hydroxylamine groups is 2. The minimum atomic E-state index is -3.28. The van der Waals surface area contributed by atoms with Crippen LogP contribution in [0.25, 0.3) is 0 Å². The number of rotatable bonds is 9. The molecule has 1 N–H and O–H groups in total. The maximum absolute atomic E-state index is 10.1. The van der Waals surface area contributed by atoms with Crippen LogP contribution in [0.3, 0.4) is 0 Å². The van der Waals surface area contributed by atoms with Crippen molar-refractivity contribution in [1.82, 2.24) is 5.06 Å². The highest BCUT2D eigenvalue weighted by Gasteiger charge is 2.45. The van der Waals surface area contributed by atoms with Crippen molar-refractivity contribution in [2.24, 2.45) is 0 Å². The van der Waals surface area contributed by atoms with Crippen LogP contribution in [0.15, 0.2) is 24.3 Å². The molecule has 6 nitrogen and oxygen atoms in total. The maximum Gasteiger partial charge on any atom is 0.619 e. The van der Waals surface area contributed by atoms with Crippen LogP contribution in [0.4, 0.5) is 0 Å². The van der Waals surface area contributed by atoms with Gasteiger partial charge in [-0.25, -0.2) is 0 Å². The zero-order chi connectivity index (χ0) is 15.0. The third-order valence-electron chi connectivity index (χ3n) is 2.22. The molecule has 1 rings (SSSR count). The first kappa shape index (κ1) is 17.3. The molecule has 0 bridgehead atoms. The molecule has 20 heavy (non-hydrogen) atoms. The first-order valence-electron chi connectivity index (χ1n) is 6.48. The second-order valence-electron chi connectivity index (χ2n) is 4.13. The van der Waals surface area contributed by atoms with Crippen LogP contribution in [-0.4, -0.2) is 37.3 Å². The van der Waals surface area contributed by atoms with Crippen molar-refractivity contribution in [3.63, 3.8) is 0 Å². The lowest BCUT2D eigenvalue weighted by atomic mass is 10.2. The highest BCUT2D eigenvalue weighted by atomic mass is 31.2. The van der Waals surface area contributed by atoms with Crippen LogP contribution in [0, 0.1) is 0 Å². The number of hydrogen-bond acceptors (Lipinski definition) is 6. The van der Waals surface area contributed by atoms with E-state index in [9.17, 15) is 4.89 Å². The molecule has 114 valence electrons. The van der Waals surface area contributed by atoms with Crippen molar-refractivity contribution in [3.8, 4) is 5.75 Å². The summed E-state index contributed by atoms with van der Waals surface area (Å²) in [4.78, 5) is 15.5. The summed E-state index contributed by atoms with van der Waals surface area (Å²) in [5.41, 5.74) is 1.00. The van der Waals surface area contributed by atoms with Gasteiger partial charge in [-0.15, -0.1) is 9.05 Å². The van der Waals surface area contributed by atoms with Crippen molar-refractivity contribution in [2.45, 2.75) is 20.5 Å². The molecule has 0 aliphatic rings. The summed E-state index contributed by atoms with van der Waals surface area (Å²) in [6, 6.07) is 7.22. The summed E-state index contributed by atoms with van der Waals surface area (Å²) in [5, 5.41) is 1.64. The fourth-order valence-electron chi connectivity index (χ4n) is 1.40. The first-order valence-corrected chi connectivity index (χ1v) is 7.98. The van der Waals surface area contributed by atoms with Gasteiger partial charge in [0.25, 0.3) is 0 Å². The quantitative estimate of drug-likeness (QED) is 0.559. The third-order valence-corrected chi connectivity index (χ3v) is 3.83. The molecule has 0 saturated heterocycles. The monoisotopic (exact) mass is 304 g/mol. The molecule has 0 heterocycles. The van der Waals surface area contributed by atoms with Crippen LogP contribution in [0.5, 0.6) is 5.75 Å². The van der Waals surface area contributed by atoms with Crippen LogP contribution < -0.4 is 4.52 Å². The molecule has 0 unspecified atom stereocenters. The SMILES string of the molecule is CCO[P+](O)(OCC)Oc1ccc(CON(C)C)cc1. The molecular weight excluding hydrogens is 281 g/mol. The van der Waals surface area contributed by atoms with E-state index in [1.807, 2.05) is 26.2 Å². The lowest BCUT2D eigenvalue weighted by Gasteiger charge is -2.14. The van der Waals surface area contributed by atoms with Gasteiger partial charge in [-0.3, -0.25) is 9.36 Å². The molecule has 0 aliphatic carbocycles. The van der Waals surface area contributed by atoms with Crippen LogP contribution in [0.2, 0.25) is 0 Å². The highest BCUT2D eigenvalue weighted by Crippen LogP contribution is 2.57. The van der Waals surface area contributed by atoms with E-state index >= 15 is 0 Å². The number of hydrogen-bond donors (Lipinski definition) is 1. The molecular formula is C13H23NO5P+. The smallest absolute Gasteiger partial charge is 0.295 e. The minimum Gasteiger partial charge on any atom is -0.295 e. The third kappa shape index (κ3) is 6.13. The van der Waals surface area contributed by atoms with Gasteiger partial charge in [0, 0.05) is 14.1 Å². The molecule has 0 aromatic heterocycles. The van der Waals surface area contributed by atoms with E-state index < -0.39 is 8.17 Å². The van der Waals surface area contributed by atoms with Crippen molar-refractivity contribution >= 4 is 8.17 Å². The van der Waals surface area contributed by atoms with E-state index in [1.54, 1.807) is 31.0 Å². The van der Waals surface area contributed by atoms with Crippen molar-refractivity contribution in [3.05, 3.63) is 29.8 Å². The Balaban J connectivity index is 2.63. The van der Waals surface area contributed by atoms with Crippen LogP contribution >= 0.6 is 8.17 Å². The molecule has 7 heteroatoms. The van der Waals surface area contributed by atoms with Gasteiger partial charge in [0.2, 0.25) is 0 Å². The van der Waals surface area contributed by atoms with Crippen molar-refractivity contribution in [1.29, 1.82) is 0 Å². The first-order chi connectivity index (χ1) is 9.49. The molecule has 0 saturated carbocycles. The van der Waals surface area contributed by atoms with Gasteiger partial charge in [0.1, 0.15) is 0 Å². The fraction of sp³-hybridized carbons (Fsp3) is 0.538. The summed E-state index contributed by atoms with van der Waals surface area (Å²) in [6.45, 7) is 4.66. The van der Waals surface area contributed by atoms with Gasteiger partial charge in [0.05, 0.1) is 19.8 Å². The van der Waals surface area contributed by atoms with Gasteiger partial charge in [-0.1, -0.05) is 12.1 Å². The second kappa shape index (κ2) is 8.52. The van der Waals surface area contributed by atoms with Crippen molar-refractivity contribution in [2.75, 3.05) is 27.3 Å². The van der Waals surface area contributed by atoms with Crippen molar-refractivity contribution < 1.29 is 23.3 Å². The summed E-state index contributed by atoms with van der Waals surface area (Å²) >= 11 is 0. The summed E-state index contributed by atoms with van der Waals surface area (Å²) < 4.78 is 15.8. The lowest BCUT2D eigenvalue weighted by Crippen LogP contribution is -2.12. The predicted molar refractivity (Wildman–Crippen MR) is 77.9 cm³/mol. The fourth-order valence-corrected chi connectivity index (χ4v) is 2.62. The van der Waals surface area contributed by atoms with Crippen LogP contribution in [0.1, 0.15) is 19.4 Å². The van der Waals surface area contributed by atoms with E-state index in [0.717, 1.165) is 5.56 Å². The Hall–Kier alpha value is -0.750. The molecule has 1 aromatic rings. The second-order valence-corrected chi connectivity index (χ2v) is 5.76. The Kier molecular flexibility index (Phi) is 7.37. The standard InChI is InChI=1S/C13H23NO5P/c1-5-17-20(15,18-6-2)19-13-9-7-12(8-10-13)11-16-14(3)4/h7-10,15H,5-6,11H2,1-4H3/q+1. The molecule has 0 radical (unpaired) electrons. The molecule has 1 aromatic carbocycles. The zero-order valence-corrected chi connectivity index (χ0v) is 13.3. The van der Waals surface area contributed by atoms with E-state index in [1.165, 1.54) is 0 Å². The van der Waals surface area contributed by atoms with E-state index in [4.69, 9.17) is 18.4 Å². The van der Waals surface area contributed by atoms with Crippen LogP contribution in [-0.2, 0) is 20.5 Å². The summed E-state index contributed by atoms with van der Waals surface area (Å²) in [7, 11) is 0.374. The Morgan fingerprint density at radius 1 is 1.05 bits per heavy atom. The summed E-state index contributed by atoms with van der Waals surface area (Å²) in [5.74, 6) is 0.497. The minimum absolute atomic E-state index is 0.318. The normalized spacial score (nSPS) is 11.9. The van der Waals surface area contributed by atoms with E-state index in [2.05, 4.69) is 0 Å². The van der Waals surface area contributed by atoms with Gasteiger partial charge in [-0.05, 0) is 31.5 Å².